The highest BCUT2D eigenvalue weighted by Crippen LogP contribution is 2.31. The highest BCUT2D eigenvalue weighted by molar-refractivity contribution is 5.46. The molecule has 5 nitrogen and oxygen atoms in total. The van der Waals surface area contributed by atoms with Crippen molar-refractivity contribution in [2.24, 2.45) is 5.92 Å². The van der Waals surface area contributed by atoms with E-state index in [-0.39, 0.29) is 24.3 Å². The lowest BCUT2D eigenvalue weighted by molar-refractivity contribution is -0.141. The van der Waals surface area contributed by atoms with Gasteiger partial charge in [0, 0.05) is 38.2 Å². The SMILES string of the molecule is CCNc1nc(N2CCC(CO)C2)cc(C(F)(F)F)n1. The largest absolute Gasteiger partial charge is 0.433 e. The second-order valence-electron chi connectivity index (χ2n) is 4.75. The van der Waals surface area contributed by atoms with Crippen LogP contribution in [-0.2, 0) is 6.18 Å². The molecular weight excluding hydrogens is 273 g/mol. The fourth-order valence-corrected chi connectivity index (χ4v) is 2.17. The number of nitrogens with zero attached hydrogens (tertiary/aromatic N) is 3. The molecule has 1 fully saturated rings. The third-order valence-corrected chi connectivity index (χ3v) is 3.21. The van der Waals surface area contributed by atoms with E-state index in [0.29, 0.717) is 19.6 Å². The standard InChI is InChI=1S/C12H17F3N4O/c1-2-16-11-17-9(12(13,14)15)5-10(18-11)19-4-3-8(6-19)7-20/h5,8,20H,2-4,6-7H2,1H3,(H,16,17,18). The average Bonchev–Trinajstić information content (AvgIpc) is 2.86. The van der Waals surface area contributed by atoms with E-state index in [9.17, 15) is 13.2 Å². The molecule has 1 atom stereocenters. The molecule has 8 heteroatoms. The van der Waals surface area contributed by atoms with Crippen LogP contribution in [0.2, 0.25) is 0 Å². The number of aromatic nitrogens is 2. The van der Waals surface area contributed by atoms with Crippen LogP contribution >= 0.6 is 0 Å². The zero-order valence-electron chi connectivity index (χ0n) is 11.1. The molecule has 112 valence electrons. The Morgan fingerprint density at radius 1 is 1.45 bits per heavy atom. The summed E-state index contributed by atoms with van der Waals surface area (Å²) in [5, 5.41) is 11.8. The summed E-state index contributed by atoms with van der Waals surface area (Å²) in [6.45, 7) is 3.34. The molecule has 1 saturated heterocycles. The maximum absolute atomic E-state index is 12.8. The zero-order valence-corrected chi connectivity index (χ0v) is 11.1. The lowest BCUT2D eigenvalue weighted by Gasteiger charge is -2.19. The average molecular weight is 290 g/mol. The third kappa shape index (κ3) is 3.30. The molecule has 20 heavy (non-hydrogen) atoms. The number of halogens is 3. The molecule has 0 aromatic carbocycles. The first-order valence-corrected chi connectivity index (χ1v) is 6.50. The molecule has 2 rings (SSSR count). The monoisotopic (exact) mass is 290 g/mol. The minimum absolute atomic E-state index is 0.0234. The van der Waals surface area contributed by atoms with Gasteiger partial charge in [0.1, 0.15) is 5.82 Å². The Kier molecular flexibility index (Phi) is 4.32. The zero-order chi connectivity index (χ0) is 14.8. The van der Waals surface area contributed by atoms with Crippen LogP contribution in [0, 0.1) is 5.92 Å². The van der Waals surface area contributed by atoms with Crippen LogP contribution in [0.1, 0.15) is 19.0 Å². The number of rotatable bonds is 4. The summed E-state index contributed by atoms with van der Waals surface area (Å²) in [7, 11) is 0. The van der Waals surface area contributed by atoms with Crippen molar-refractivity contribution < 1.29 is 18.3 Å². The molecule has 1 aromatic heterocycles. The van der Waals surface area contributed by atoms with Crippen LogP contribution < -0.4 is 10.2 Å². The molecule has 1 unspecified atom stereocenters. The Labute approximate surface area is 114 Å². The second-order valence-corrected chi connectivity index (χ2v) is 4.75. The number of aliphatic hydroxyl groups excluding tert-OH is 1. The van der Waals surface area contributed by atoms with Gasteiger partial charge in [-0.1, -0.05) is 0 Å². The molecule has 0 radical (unpaired) electrons. The number of anilines is 2. The van der Waals surface area contributed by atoms with Gasteiger partial charge in [0.15, 0.2) is 5.69 Å². The van der Waals surface area contributed by atoms with Crippen LogP contribution in [0.15, 0.2) is 6.07 Å². The van der Waals surface area contributed by atoms with E-state index in [4.69, 9.17) is 5.11 Å². The first-order valence-electron chi connectivity index (χ1n) is 6.50. The molecule has 1 aliphatic heterocycles. The van der Waals surface area contributed by atoms with Gasteiger partial charge in [0.05, 0.1) is 0 Å². The first kappa shape index (κ1) is 14.8. The Morgan fingerprint density at radius 3 is 2.75 bits per heavy atom. The highest BCUT2D eigenvalue weighted by Gasteiger charge is 2.35. The lowest BCUT2D eigenvalue weighted by Crippen LogP contribution is -2.23. The molecular formula is C12H17F3N4O. The van der Waals surface area contributed by atoms with Gasteiger partial charge in [0.25, 0.3) is 0 Å². The predicted octanol–water partition coefficient (Wildman–Crippen LogP) is 1.75. The van der Waals surface area contributed by atoms with Gasteiger partial charge in [-0.15, -0.1) is 0 Å². The number of aliphatic hydroxyl groups is 1. The molecule has 0 spiro atoms. The topological polar surface area (TPSA) is 61.3 Å². The van der Waals surface area contributed by atoms with Gasteiger partial charge in [-0.25, -0.2) is 4.98 Å². The highest BCUT2D eigenvalue weighted by atomic mass is 19.4. The van der Waals surface area contributed by atoms with Gasteiger partial charge in [-0.05, 0) is 13.3 Å². The van der Waals surface area contributed by atoms with E-state index in [0.717, 1.165) is 12.5 Å². The minimum atomic E-state index is -4.50. The molecule has 0 aliphatic carbocycles. The van der Waals surface area contributed by atoms with E-state index in [1.165, 1.54) is 0 Å². The van der Waals surface area contributed by atoms with Crippen LogP contribution in [0.4, 0.5) is 24.9 Å². The Hall–Kier alpha value is -1.57. The van der Waals surface area contributed by atoms with Crippen molar-refractivity contribution in [3.63, 3.8) is 0 Å². The fraction of sp³-hybridized carbons (Fsp3) is 0.667. The predicted molar refractivity (Wildman–Crippen MR) is 68.6 cm³/mol. The van der Waals surface area contributed by atoms with Crippen LogP contribution in [0.25, 0.3) is 0 Å². The minimum Gasteiger partial charge on any atom is -0.396 e. The maximum Gasteiger partial charge on any atom is 0.433 e. The molecule has 1 aliphatic rings. The molecule has 0 saturated carbocycles. The fourth-order valence-electron chi connectivity index (χ4n) is 2.17. The van der Waals surface area contributed by atoms with Gasteiger partial charge in [0.2, 0.25) is 5.95 Å². The second kappa shape index (κ2) is 5.82. The van der Waals surface area contributed by atoms with Crippen molar-refractivity contribution in [1.29, 1.82) is 0 Å². The Morgan fingerprint density at radius 2 is 2.20 bits per heavy atom. The smallest absolute Gasteiger partial charge is 0.396 e. The van der Waals surface area contributed by atoms with Crippen molar-refractivity contribution in [3.05, 3.63) is 11.8 Å². The van der Waals surface area contributed by atoms with Crippen molar-refractivity contribution in [2.75, 3.05) is 36.5 Å². The van der Waals surface area contributed by atoms with E-state index in [1.807, 2.05) is 0 Å². The summed E-state index contributed by atoms with van der Waals surface area (Å²) in [4.78, 5) is 9.34. The van der Waals surface area contributed by atoms with Gasteiger partial charge >= 0.3 is 6.18 Å². The van der Waals surface area contributed by atoms with Gasteiger partial charge in [-0.2, -0.15) is 18.2 Å². The normalized spacial score (nSPS) is 19.4. The van der Waals surface area contributed by atoms with E-state index in [2.05, 4.69) is 15.3 Å². The van der Waals surface area contributed by atoms with Crippen molar-refractivity contribution in [3.8, 4) is 0 Å². The number of alkyl halides is 3. The van der Waals surface area contributed by atoms with Gasteiger partial charge in [-0.3, -0.25) is 0 Å². The lowest BCUT2D eigenvalue weighted by atomic mass is 10.1. The molecule has 2 heterocycles. The van der Waals surface area contributed by atoms with Crippen molar-refractivity contribution in [1.82, 2.24) is 9.97 Å². The Bertz CT molecular complexity index is 467. The van der Waals surface area contributed by atoms with E-state index < -0.39 is 11.9 Å². The number of nitrogens with one attached hydrogen (secondary N) is 1. The number of hydrogen-bond acceptors (Lipinski definition) is 5. The molecule has 0 amide bonds. The van der Waals surface area contributed by atoms with Crippen molar-refractivity contribution >= 4 is 11.8 Å². The quantitative estimate of drug-likeness (QED) is 0.884. The summed E-state index contributed by atoms with van der Waals surface area (Å²) in [6.07, 6.45) is -3.75. The van der Waals surface area contributed by atoms with Crippen LogP contribution in [0.5, 0.6) is 0 Å². The van der Waals surface area contributed by atoms with Crippen LogP contribution in [-0.4, -0.2) is 41.3 Å². The first-order chi connectivity index (χ1) is 9.44. The van der Waals surface area contributed by atoms with E-state index in [1.54, 1.807) is 11.8 Å². The van der Waals surface area contributed by atoms with Crippen LogP contribution in [0.3, 0.4) is 0 Å². The summed E-state index contributed by atoms with van der Waals surface area (Å²) >= 11 is 0. The van der Waals surface area contributed by atoms with Gasteiger partial charge < -0.3 is 15.3 Å². The van der Waals surface area contributed by atoms with E-state index >= 15 is 0 Å². The summed E-state index contributed by atoms with van der Waals surface area (Å²) in [5.41, 5.74) is -0.953. The Balaban J connectivity index is 2.30. The third-order valence-electron chi connectivity index (χ3n) is 3.21. The molecule has 0 bridgehead atoms. The maximum atomic E-state index is 12.8. The summed E-state index contributed by atoms with van der Waals surface area (Å²) < 4.78 is 38.5. The van der Waals surface area contributed by atoms with Crippen molar-refractivity contribution in [2.45, 2.75) is 19.5 Å². The summed E-state index contributed by atoms with van der Waals surface area (Å²) in [5.74, 6) is 0.311. The number of hydrogen-bond donors (Lipinski definition) is 2. The molecule has 2 N–H and O–H groups in total. The summed E-state index contributed by atoms with van der Waals surface area (Å²) in [6, 6.07) is 0.959. The molecule has 1 aromatic rings.